The van der Waals surface area contributed by atoms with Crippen molar-refractivity contribution in [2.24, 2.45) is 5.92 Å². The number of hydrogen-bond donors (Lipinski definition) is 2. The average molecular weight is 298 g/mol. The highest BCUT2D eigenvalue weighted by atomic mass is 32.2. The molecular weight excluding hydrogens is 276 g/mol. The van der Waals surface area contributed by atoms with E-state index in [2.05, 4.69) is 5.32 Å². The van der Waals surface area contributed by atoms with Gasteiger partial charge in [0.15, 0.2) is 0 Å². The van der Waals surface area contributed by atoms with Crippen LogP contribution >= 0.6 is 11.8 Å². The van der Waals surface area contributed by atoms with Crippen molar-refractivity contribution in [3.05, 3.63) is 0 Å². The number of amides is 1. The molecule has 20 heavy (non-hydrogen) atoms. The molecule has 5 nitrogen and oxygen atoms in total. The molecule has 0 spiro atoms. The van der Waals surface area contributed by atoms with E-state index < -0.39 is 12.0 Å². The molecule has 1 amide bonds. The number of carboxylic acids is 1. The van der Waals surface area contributed by atoms with Gasteiger partial charge < -0.3 is 10.0 Å². The van der Waals surface area contributed by atoms with E-state index in [1.54, 1.807) is 16.7 Å². The molecule has 0 bridgehead atoms. The molecule has 1 aliphatic carbocycles. The third kappa shape index (κ3) is 2.55. The van der Waals surface area contributed by atoms with Crippen molar-refractivity contribution in [1.82, 2.24) is 10.2 Å². The molecule has 3 fully saturated rings. The highest BCUT2D eigenvalue weighted by Gasteiger charge is 2.45. The first-order chi connectivity index (χ1) is 9.68. The second kappa shape index (κ2) is 5.93. The van der Waals surface area contributed by atoms with E-state index in [0.29, 0.717) is 12.3 Å². The number of piperidine rings is 1. The van der Waals surface area contributed by atoms with Crippen LogP contribution in [0.5, 0.6) is 0 Å². The zero-order valence-corrected chi connectivity index (χ0v) is 12.4. The minimum Gasteiger partial charge on any atom is -0.480 e. The van der Waals surface area contributed by atoms with Crippen molar-refractivity contribution >= 4 is 23.6 Å². The van der Waals surface area contributed by atoms with Gasteiger partial charge in [0.2, 0.25) is 5.91 Å². The lowest BCUT2D eigenvalue weighted by Crippen LogP contribution is -2.61. The summed E-state index contributed by atoms with van der Waals surface area (Å²) in [7, 11) is 0. The Kier molecular flexibility index (Phi) is 4.21. The first-order valence-electron chi connectivity index (χ1n) is 7.54. The fourth-order valence-corrected chi connectivity index (χ4v) is 4.86. The number of thioether (sulfide) groups is 1. The van der Waals surface area contributed by atoms with Gasteiger partial charge in [-0.15, -0.1) is 11.8 Å². The molecule has 3 aliphatic rings. The second-order valence-corrected chi connectivity index (χ2v) is 7.09. The van der Waals surface area contributed by atoms with Crippen LogP contribution in [0.1, 0.15) is 38.5 Å². The van der Waals surface area contributed by atoms with Gasteiger partial charge in [0.1, 0.15) is 6.04 Å². The van der Waals surface area contributed by atoms with Gasteiger partial charge in [0.25, 0.3) is 0 Å². The van der Waals surface area contributed by atoms with Gasteiger partial charge in [0.05, 0.1) is 6.04 Å². The minimum absolute atomic E-state index is 0.0130. The van der Waals surface area contributed by atoms with Crippen LogP contribution in [-0.2, 0) is 9.59 Å². The summed E-state index contributed by atoms with van der Waals surface area (Å²) in [5.41, 5.74) is 0. The average Bonchev–Trinajstić information content (AvgIpc) is 2.99. The van der Waals surface area contributed by atoms with E-state index in [-0.39, 0.29) is 18.0 Å². The summed E-state index contributed by atoms with van der Waals surface area (Å²) in [5.74, 6) is 1.24. The van der Waals surface area contributed by atoms with E-state index in [1.807, 2.05) is 0 Å². The number of hydrogen-bond acceptors (Lipinski definition) is 4. The molecule has 4 unspecified atom stereocenters. The number of rotatable bonds is 2. The van der Waals surface area contributed by atoms with Crippen LogP contribution in [0.4, 0.5) is 0 Å². The standard InChI is InChI=1S/C14H22N2O3S/c17-13(10-7-20-8-15-10)16-11-4-2-1-3-9(11)5-6-12(16)14(18)19/h9-12,15H,1-8H2,(H,18,19). The largest absolute Gasteiger partial charge is 0.480 e. The van der Waals surface area contributed by atoms with Gasteiger partial charge in [-0.3, -0.25) is 10.1 Å². The lowest BCUT2D eigenvalue weighted by Gasteiger charge is -2.47. The van der Waals surface area contributed by atoms with Crippen LogP contribution in [0, 0.1) is 5.92 Å². The smallest absolute Gasteiger partial charge is 0.326 e. The molecule has 0 radical (unpaired) electrons. The summed E-state index contributed by atoms with van der Waals surface area (Å²) >= 11 is 1.71. The lowest BCUT2D eigenvalue weighted by atomic mass is 9.76. The van der Waals surface area contributed by atoms with E-state index in [0.717, 1.165) is 37.3 Å². The van der Waals surface area contributed by atoms with E-state index in [4.69, 9.17) is 0 Å². The monoisotopic (exact) mass is 298 g/mol. The summed E-state index contributed by atoms with van der Waals surface area (Å²) in [6.07, 6.45) is 6.02. The summed E-state index contributed by atoms with van der Waals surface area (Å²) in [6.45, 7) is 0. The normalized spacial score (nSPS) is 37.5. The predicted octanol–water partition coefficient (Wildman–Crippen LogP) is 1.28. The minimum atomic E-state index is -0.840. The van der Waals surface area contributed by atoms with Crippen LogP contribution in [0.15, 0.2) is 0 Å². The Bertz CT molecular complexity index is 398. The van der Waals surface area contributed by atoms with Crippen molar-refractivity contribution < 1.29 is 14.7 Å². The number of likely N-dealkylation sites (tertiary alicyclic amines) is 1. The first kappa shape index (κ1) is 14.2. The summed E-state index contributed by atoms with van der Waals surface area (Å²) in [5, 5.41) is 12.7. The lowest BCUT2D eigenvalue weighted by molar-refractivity contribution is -0.159. The molecule has 0 aromatic rings. The maximum atomic E-state index is 12.8. The Balaban J connectivity index is 1.83. The number of carbonyl (C=O) groups excluding carboxylic acids is 1. The molecule has 0 aromatic carbocycles. The van der Waals surface area contributed by atoms with Crippen LogP contribution < -0.4 is 5.32 Å². The Morgan fingerprint density at radius 3 is 2.65 bits per heavy atom. The van der Waals surface area contributed by atoms with Crippen LogP contribution in [-0.4, -0.2) is 51.6 Å². The molecule has 2 saturated heterocycles. The van der Waals surface area contributed by atoms with Gasteiger partial charge in [-0.05, 0) is 31.6 Å². The van der Waals surface area contributed by atoms with Gasteiger partial charge in [-0.2, -0.15) is 0 Å². The second-order valence-electron chi connectivity index (χ2n) is 6.06. The molecule has 0 aromatic heterocycles. The molecule has 3 rings (SSSR count). The summed E-state index contributed by atoms with van der Waals surface area (Å²) in [6, 6.07) is -0.657. The van der Waals surface area contributed by atoms with Crippen molar-refractivity contribution in [2.45, 2.75) is 56.7 Å². The quantitative estimate of drug-likeness (QED) is 0.804. The number of nitrogens with zero attached hydrogens (tertiary/aromatic N) is 1. The highest BCUT2D eigenvalue weighted by Crippen LogP contribution is 2.38. The van der Waals surface area contributed by atoms with Gasteiger partial charge >= 0.3 is 5.97 Å². The Morgan fingerprint density at radius 2 is 1.95 bits per heavy atom. The molecular formula is C14H22N2O3S. The number of aliphatic carboxylic acids is 1. The molecule has 4 atom stereocenters. The highest BCUT2D eigenvalue weighted by molar-refractivity contribution is 7.99. The summed E-state index contributed by atoms with van der Waals surface area (Å²) < 4.78 is 0. The Hall–Kier alpha value is -0.750. The maximum absolute atomic E-state index is 12.8. The van der Waals surface area contributed by atoms with Crippen LogP contribution in [0.3, 0.4) is 0 Å². The van der Waals surface area contributed by atoms with Crippen molar-refractivity contribution in [3.8, 4) is 0 Å². The van der Waals surface area contributed by atoms with Crippen LogP contribution in [0.25, 0.3) is 0 Å². The Morgan fingerprint density at radius 1 is 1.15 bits per heavy atom. The third-order valence-corrected chi connectivity index (χ3v) is 5.87. The maximum Gasteiger partial charge on any atom is 0.326 e. The van der Waals surface area contributed by atoms with Crippen molar-refractivity contribution in [3.63, 3.8) is 0 Å². The van der Waals surface area contributed by atoms with Gasteiger partial charge in [0, 0.05) is 17.7 Å². The van der Waals surface area contributed by atoms with E-state index >= 15 is 0 Å². The predicted molar refractivity (Wildman–Crippen MR) is 77.5 cm³/mol. The SMILES string of the molecule is O=C(O)C1CCC2CCCCC2N1C(=O)C1CSCN1. The topological polar surface area (TPSA) is 69.6 Å². The Labute approximate surface area is 123 Å². The molecule has 112 valence electrons. The fourth-order valence-electron chi connectivity index (χ4n) is 3.93. The molecule has 2 N–H and O–H groups in total. The zero-order valence-electron chi connectivity index (χ0n) is 11.6. The number of nitrogens with one attached hydrogen (secondary N) is 1. The van der Waals surface area contributed by atoms with Crippen molar-refractivity contribution in [2.75, 3.05) is 11.6 Å². The van der Waals surface area contributed by atoms with Crippen LogP contribution in [0.2, 0.25) is 0 Å². The van der Waals surface area contributed by atoms with Gasteiger partial charge in [-0.25, -0.2) is 4.79 Å². The fraction of sp³-hybridized carbons (Fsp3) is 0.857. The molecule has 6 heteroatoms. The third-order valence-electron chi connectivity index (χ3n) is 4.93. The summed E-state index contributed by atoms with van der Waals surface area (Å²) in [4.78, 5) is 26.0. The van der Waals surface area contributed by atoms with Gasteiger partial charge in [-0.1, -0.05) is 12.8 Å². The molecule has 2 aliphatic heterocycles. The van der Waals surface area contributed by atoms with Crippen molar-refractivity contribution in [1.29, 1.82) is 0 Å². The zero-order chi connectivity index (χ0) is 14.1. The number of fused-ring (bicyclic) bond motifs is 1. The number of carbonyl (C=O) groups is 2. The molecule has 1 saturated carbocycles. The van der Waals surface area contributed by atoms with E-state index in [1.165, 1.54) is 6.42 Å². The van der Waals surface area contributed by atoms with E-state index in [9.17, 15) is 14.7 Å². The molecule has 2 heterocycles. The first-order valence-corrected chi connectivity index (χ1v) is 8.70. The number of carboxylic acid groups (broad SMARTS) is 1.